The average Bonchev–Trinajstić information content (AvgIpc) is 2.73. The number of hydrogen-bond acceptors (Lipinski definition) is 5. The van der Waals surface area contributed by atoms with Crippen molar-refractivity contribution < 1.29 is 22.7 Å². The van der Waals surface area contributed by atoms with Crippen LogP contribution in [-0.4, -0.2) is 44.4 Å². The molecule has 3 rings (SSSR count). The van der Waals surface area contributed by atoms with E-state index in [4.69, 9.17) is 9.47 Å². The summed E-state index contributed by atoms with van der Waals surface area (Å²) in [6, 6.07) is 13.7. The highest BCUT2D eigenvalue weighted by Crippen LogP contribution is 2.33. The molecule has 0 fully saturated rings. The molecule has 0 spiro atoms. The van der Waals surface area contributed by atoms with Gasteiger partial charge in [-0.2, -0.15) is 4.31 Å². The molecule has 162 valence electrons. The molecule has 2 aromatic carbocycles. The molecule has 0 aliphatic carbocycles. The number of fused-ring (bicyclic) bond motifs is 1. The van der Waals surface area contributed by atoms with Crippen LogP contribution < -0.4 is 14.8 Å². The highest BCUT2D eigenvalue weighted by atomic mass is 32.2. The predicted octanol–water partition coefficient (Wildman–Crippen LogP) is 2.81. The van der Waals surface area contributed by atoms with Crippen molar-refractivity contribution in [1.82, 2.24) is 9.62 Å². The third-order valence-corrected chi connectivity index (χ3v) is 6.85. The van der Waals surface area contributed by atoms with Crippen molar-refractivity contribution in [2.75, 3.05) is 19.8 Å². The van der Waals surface area contributed by atoms with Gasteiger partial charge in [0.05, 0.1) is 11.4 Å². The molecule has 0 bridgehead atoms. The maximum Gasteiger partial charge on any atom is 0.243 e. The van der Waals surface area contributed by atoms with Gasteiger partial charge in [0, 0.05) is 18.7 Å². The van der Waals surface area contributed by atoms with Crippen molar-refractivity contribution in [1.29, 1.82) is 0 Å². The zero-order chi connectivity index (χ0) is 21.7. The van der Waals surface area contributed by atoms with Crippen LogP contribution in [0.25, 0.3) is 0 Å². The van der Waals surface area contributed by atoms with Crippen LogP contribution in [0.4, 0.5) is 0 Å². The van der Waals surface area contributed by atoms with Gasteiger partial charge in [0.2, 0.25) is 15.9 Å². The van der Waals surface area contributed by atoms with E-state index in [1.54, 1.807) is 6.07 Å². The first-order valence-electron chi connectivity index (χ1n) is 10.0. The molecule has 2 aromatic rings. The van der Waals surface area contributed by atoms with E-state index in [0.29, 0.717) is 24.7 Å². The molecule has 30 heavy (non-hydrogen) atoms. The molecular weight excluding hydrogens is 404 g/mol. The van der Waals surface area contributed by atoms with Crippen LogP contribution in [0.3, 0.4) is 0 Å². The molecular formula is C22H28N2O5S. The Kier molecular flexibility index (Phi) is 6.99. The standard InChI is InChI=1S/C22H28N2O5S/c1-16(2)17(3)23-22(25)15-24(14-18-7-5-4-6-8-18)30(26,27)19-9-10-20-21(13-19)29-12-11-28-20/h4-10,13,16-17H,11-12,14-15H2,1-3H3,(H,23,25). The lowest BCUT2D eigenvalue weighted by Gasteiger charge is -2.25. The molecule has 0 aromatic heterocycles. The van der Waals surface area contributed by atoms with Crippen molar-refractivity contribution in [2.45, 2.75) is 38.3 Å². The van der Waals surface area contributed by atoms with Gasteiger partial charge in [0.25, 0.3) is 0 Å². The number of carbonyl (C=O) groups excluding carboxylic acids is 1. The lowest BCUT2D eigenvalue weighted by atomic mass is 10.1. The molecule has 1 unspecified atom stereocenters. The van der Waals surface area contributed by atoms with Gasteiger partial charge in [0.1, 0.15) is 13.2 Å². The van der Waals surface area contributed by atoms with Crippen LogP contribution in [0.5, 0.6) is 11.5 Å². The van der Waals surface area contributed by atoms with Gasteiger partial charge in [-0.3, -0.25) is 4.79 Å². The van der Waals surface area contributed by atoms with Gasteiger partial charge >= 0.3 is 0 Å². The van der Waals surface area contributed by atoms with Crippen LogP contribution in [0.15, 0.2) is 53.4 Å². The Bertz CT molecular complexity index is 976. The summed E-state index contributed by atoms with van der Waals surface area (Å²) in [6.45, 7) is 6.49. The van der Waals surface area contributed by atoms with Crippen LogP contribution in [0.1, 0.15) is 26.3 Å². The molecule has 7 nitrogen and oxygen atoms in total. The smallest absolute Gasteiger partial charge is 0.243 e. The second kappa shape index (κ2) is 9.49. The molecule has 1 atom stereocenters. The van der Waals surface area contributed by atoms with Crippen LogP contribution in [-0.2, 0) is 21.4 Å². The fourth-order valence-electron chi connectivity index (χ4n) is 2.97. The van der Waals surface area contributed by atoms with Crippen molar-refractivity contribution in [3.63, 3.8) is 0 Å². The Morgan fingerprint density at radius 3 is 2.37 bits per heavy atom. The van der Waals surface area contributed by atoms with E-state index < -0.39 is 10.0 Å². The lowest BCUT2D eigenvalue weighted by molar-refractivity contribution is -0.122. The zero-order valence-corrected chi connectivity index (χ0v) is 18.3. The van der Waals surface area contributed by atoms with E-state index in [0.717, 1.165) is 5.56 Å². The molecule has 1 aliphatic rings. The van der Waals surface area contributed by atoms with Gasteiger partial charge in [-0.25, -0.2) is 8.42 Å². The molecule has 1 heterocycles. The summed E-state index contributed by atoms with van der Waals surface area (Å²) in [6.07, 6.45) is 0. The minimum absolute atomic E-state index is 0.0620. The first-order chi connectivity index (χ1) is 14.3. The van der Waals surface area contributed by atoms with Crippen LogP contribution >= 0.6 is 0 Å². The summed E-state index contributed by atoms with van der Waals surface area (Å²) in [4.78, 5) is 12.7. The van der Waals surface area contributed by atoms with Gasteiger partial charge in [-0.15, -0.1) is 0 Å². The number of carbonyl (C=O) groups is 1. The third kappa shape index (κ3) is 5.31. The molecule has 1 amide bonds. The highest BCUT2D eigenvalue weighted by Gasteiger charge is 2.29. The third-order valence-electron chi connectivity index (χ3n) is 5.06. The molecule has 0 saturated carbocycles. The van der Waals surface area contributed by atoms with E-state index in [9.17, 15) is 13.2 Å². The minimum atomic E-state index is -3.95. The van der Waals surface area contributed by atoms with Crippen molar-refractivity contribution in [3.8, 4) is 11.5 Å². The van der Waals surface area contributed by atoms with E-state index in [1.165, 1.54) is 16.4 Å². The number of hydrogen-bond donors (Lipinski definition) is 1. The normalized spacial score (nSPS) is 14.6. The Hall–Kier alpha value is -2.58. The lowest BCUT2D eigenvalue weighted by Crippen LogP contribution is -2.44. The number of benzene rings is 2. The second-order valence-electron chi connectivity index (χ2n) is 7.66. The topological polar surface area (TPSA) is 84.9 Å². The van der Waals surface area contributed by atoms with Gasteiger partial charge in [-0.1, -0.05) is 44.2 Å². The number of amides is 1. The summed E-state index contributed by atoms with van der Waals surface area (Å²) >= 11 is 0. The quantitative estimate of drug-likeness (QED) is 0.693. The number of nitrogens with one attached hydrogen (secondary N) is 1. The van der Waals surface area contributed by atoms with E-state index in [1.807, 2.05) is 51.1 Å². The fourth-order valence-corrected chi connectivity index (χ4v) is 4.37. The molecule has 0 saturated heterocycles. The number of sulfonamides is 1. The van der Waals surface area contributed by atoms with Gasteiger partial charge < -0.3 is 14.8 Å². The van der Waals surface area contributed by atoms with E-state index in [2.05, 4.69) is 5.32 Å². The second-order valence-corrected chi connectivity index (χ2v) is 9.60. The van der Waals surface area contributed by atoms with Crippen molar-refractivity contribution in [2.24, 2.45) is 5.92 Å². The summed E-state index contributed by atoms with van der Waals surface area (Å²) in [7, 11) is -3.95. The summed E-state index contributed by atoms with van der Waals surface area (Å²) < 4.78 is 39.1. The largest absolute Gasteiger partial charge is 0.486 e. The predicted molar refractivity (Wildman–Crippen MR) is 114 cm³/mol. The number of nitrogens with zero attached hydrogens (tertiary/aromatic N) is 1. The molecule has 1 N–H and O–H groups in total. The Morgan fingerprint density at radius 2 is 1.70 bits per heavy atom. The minimum Gasteiger partial charge on any atom is -0.486 e. The maximum absolute atomic E-state index is 13.4. The highest BCUT2D eigenvalue weighted by molar-refractivity contribution is 7.89. The first-order valence-corrected chi connectivity index (χ1v) is 11.4. The average molecular weight is 433 g/mol. The van der Waals surface area contributed by atoms with Crippen LogP contribution in [0, 0.1) is 5.92 Å². The number of rotatable bonds is 8. The first kappa shape index (κ1) is 22.1. The van der Waals surface area contributed by atoms with Crippen molar-refractivity contribution >= 4 is 15.9 Å². The number of ether oxygens (including phenoxy) is 2. The van der Waals surface area contributed by atoms with E-state index in [-0.39, 0.29) is 35.9 Å². The summed E-state index contributed by atoms with van der Waals surface area (Å²) in [5.41, 5.74) is 0.795. The van der Waals surface area contributed by atoms with E-state index >= 15 is 0 Å². The summed E-state index contributed by atoms with van der Waals surface area (Å²) in [5.74, 6) is 0.803. The summed E-state index contributed by atoms with van der Waals surface area (Å²) in [5, 5.41) is 2.88. The Morgan fingerprint density at radius 1 is 1.03 bits per heavy atom. The Labute approximate surface area is 178 Å². The Balaban J connectivity index is 1.88. The molecule has 0 radical (unpaired) electrons. The maximum atomic E-state index is 13.4. The zero-order valence-electron chi connectivity index (χ0n) is 17.5. The van der Waals surface area contributed by atoms with Gasteiger partial charge in [0.15, 0.2) is 11.5 Å². The van der Waals surface area contributed by atoms with Crippen LogP contribution in [0.2, 0.25) is 0 Å². The monoisotopic (exact) mass is 432 g/mol. The molecule has 1 aliphatic heterocycles. The molecule has 8 heteroatoms. The fraction of sp³-hybridized carbons (Fsp3) is 0.409. The SMILES string of the molecule is CC(C)C(C)NC(=O)CN(Cc1ccccc1)S(=O)(=O)c1ccc2c(c1)OCCO2. The van der Waals surface area contributed by atoms with Crippen molar-refractivity contribution in [3.05, 3.63) is 54.1 Å². The van der Waals surface area contributed by atoms with Gasteiger partial charge in [-0.05, 0) is 30.5 Å².